The fraction of sp³-hybridized carbons (Fsp3) is 0.105. The minimum absolute atomic E-state index is 0.531. The highest BCUT2D eigenvalue weighted by atomic mass is 32.2. The summed E-state index contributed by atoms with van der Waals surface area (Å²) in [6.45, 7) is 0. The summed E-state index contributed by atoms with van der Waals surface area (Å²) in [6.07, 6.45) is 0. The van der Waals surface area contributed by atoms with Crippen molar-refractivity contribution in [3.8, 4) is 27.8 Å². The molecule has 0 atom stereocenters. The Kier molecular flexibility index (Phi) is 4.99. The fourth-order valence-corrected chi connectivity index (χ4v) is 3.94. The van der Waals surface area contributed by atoms with Crippen molar-refractivity contribution in [1.29, 1.82) is 0 Å². The maximum atomic E-state index is 5.71. The molecule has 0 unspecified atom stereocenters. The molecule has 2 aromatic carbocycles. The van der Waals surface area contributed by atoms with Crippen LogP contribution < -0.4 is 4.74 Å². The van der Waals surface area contributed by atoms with Gasteiger partial charge >= 0.3 is 0 Å². The van der Waals surface area contributed by atoms with Gasteiger partial charge in [-0.3, -0.25) is 0 Å². The number of aromatic nitrogens is 3. The monoisotopic (exact) mass is 381 g/mol. The number of thioether (sulfide) groups is 1. The van der Waals surface area contributed by atoms with Crippen LogP contribution in [0.15, 0.2) is 69.6 Å². The van der Waals surface area contributed by atoms with Gasteiger partial charge in [0.05, 0.1) is 12.8 Å². The quantitative estimate of drug-likeness (QED) is 0.430. The van der Waals surface area contributed by atoms with Gasteiger partial charge in [-0.25, -0.2) is 4.98 Å². The normalized spacial score (nSPS) is 10.8. The fourth-order valence-electron chi connectivity index (χ4n) is 2.36. The minimum atomic E-state index is 0.531. The van der Waals surface area contributed by atoms with Crippen LogP contribution in [0.3, 0.4) is 0 Å². The number of hydrogen-bond acceptors (Lipinski definition) is 7. The summed E-state index contributed by atoms with van der Waals surface area (Å²) in [6, 6.07) is 17.6. The average molecular weight is 381 g/mol. The summed E-state index contributed by atoms with van der Waals surface area (Å²) in [7, 11) is 1.66. The van der Waals surface area contributed by atoms with E-state index >= 15 is 0 Å². The molecular formula is C19H15N3O2S2. The first-order chi connectivity index (χ1) is 12.8. The Labute approximate surface area is 159 Å². The van der Waals surface area contributed by atoms with Gasteiger partial charge in [-0.1, -0.05) is 42.1 Å². The van der Waals surface area contributed by atoms with E-state index < -0.39 is 0 Å². The first-order valence-electron chi connectivity index (χ1n) is 7.92. The number of thiazole rings is 1. The highest BCUT2D eigenvalue weighted by Crippen LogP contribution is 2.30. The predicted molar refractivity (Wildman–Crippen MR) is 103 cm³/mol. The number of hydrogen-bond donors (Lipinski definition) is 0. The summed E-state index contributed by atoms with van der Waals surface area (Å²) in [5, 5.41) is 11.8. The summed E-state index contributed by atoms with van der Waals surface area (Å²) < 4.78 is 11.0. The minimum Gasteiger partial charge on any atom is -0.497 e. The topological polar surface area (TPSA) is 61.0 Å². The van der Waals surface area contributed by atoms with E-state index in [2.05, 4.69) is 20.6 Å². The van der Waals surface area contributed by atoms with Crippen molar-refractivity contribution in [3.63, 3.8) is 0 Å². The molecule has 0 aliphatic heterocycles. The van der Waals surface area contributed by atoms with Gasteiger partial charge in [-0.2, -0.15) is 0 Å². The largest absolute Gasteiger partial charge is 0.497 e. The number of benzene rings is 2. The van der Waals surface area contributed by atoms with Crippen molar-refractivity contribution in [2.45, 2.75) is 11.0 Å². The van der Waals surface area contributed by atoms with Gasteiger partial charge in [-0.05, 0) is 24.3 Å². The number of ether oxygens (including phenoxy) is 1. The van der Waals surface area contributed by atoms with Crippen molar-refractivity contribution in [1.82, 2.24) is 15.2 Å². The number of nitrogens with zero attached hydrogens (tertiary/aromatic N) is 3. The molecule has 7 heteroatoms. The van der Waals surface area contributed by atoms with Crippen molar-refractivity contribution < 1.29 is 9.15 Å². The highest BCUT2D eigenvalue weighted by molar-refractivity contribution is 7.98. The first-order valence-corrected chi connectivity index (χ1v) is 9.79. The van der Waals surface area contributed by atoms with Gasteiger partial charge < -0.3 is 9.15 Å². The molecule has 0 N–H and O–H groups in total. The number of rotatable bonds is 6. The Bertz CT molecular complexity index is 999. The van der Waals surface area contributed by atoms with Gasteiger partial charge in [0.1, 0.15) is 10.8 Å². The Morgan fingerprint density at radius 2 is 1.88 bits per heavy atom. The average Bonchev–Trinajstić information content (AvgIpc) is 3.37. The lowest BCUT2D eigenvalue weighted by Gasteiger charge is -2.01. The molecule has 0 saturated heterocycles. The Morgan fingerprint density at radius 1 is 1.04 bits per heavy atom. The number of methoxy groups -OCH3 is 1. The van der Waals surface area contributed by atoms with E-state index in [9.17, 15) is 0 Å². The highest BCUT2D eigenvalue weighted by Gasteiger charge is 2.11. The van der Waals surface area contributed by atoms with Crippen LogP contribution in [0, 0.1) is 0 Å². The molecule has 130 valence electrons. The van der Waals surface area contributed by atoms with Crippen LogP contribution in [-0.2, 0) is 5.75 Å². The van der Waals surface area contributed by atoms with Crippen molar-refractivity contribution in [2.24, 2.45) is 0 Å². The molecule has 0 amide bonds. The van der Waals surface area contributed by atoms with Gasteiger partial charge in [0.25, 0.3) is 5.22 Å². The predicted octanol–water partition coefficient (Wildman–Crippen LogP) is 5.16. The van der Waals surface area contributed by atoms with Crippen LogP contribution in [-0.4, -0.2) is 22.3 Å². The second-order valence-electron chi connectivity index (χ2n) is 5.40. The van der Waals surface area contributed by atoms with Crippen molar-refractivity contribution >= 4 is 23.1 Å². The van der Waals surface area contributed by atoms with E-state index in [4.69, 9.17) is 9.15 Å². The third-order valence-corrected chi connectivity index (χ3v) is 5.43. The van der Waals surface area contributed by atoms with E-state index in [1.54, 1.807) is 18.4 Å². The second kappa shape index (κ2) is 7.72. The SMILES string of the molecule is COc1cccc(-c2nc(CSc3nnc(-c4ccccc4)o3)cs2)c1. The van der Waals surface area contributed by atoms with E-state index in [1.807, 2.05) is 54.6 Å². The molecule has 2 heterocycles. The smallest absolute Gasteiger partial charge is 0.277 e. The summed E-state index contributed by atoms with van der Waals surface area (Å²) in [5.74, 6) is 2.04. The van der Waals surface area contributed by atoms with E-state index in [1.165, 1.54) is 11.8 Å². The second-order valence-corrected chi connectivity index (χ2v) is 7.19. The van der Waals surface area contributed by atoms with Crippen LogP contribution in [0.5, 0.6) is 5.75 Å². The molecule has 0 bridgehead atoms. The Hall–Kier alpha value is -2.64. The third kappa shape index (κ3) is 3.79. The van der Waals surface area contributed by atoms with Gasteiger partial charge in [-0.15, -0.1) is 21.5 Å². The van der Waals surface area contributed by atoms with Crippen LogP contribution in [0.1, 0.15) is 5.69 Å². The summed E-state index contributed by atoms with van der Waals surface area (Å²) >= 11 is 3.10. The molecule has 0 saturated carbocycles. The first kappa shape index (κ1) is 16.8. The molecule has 2 aromatic heterocycles. The molecule has 4 rings (SSSR count). The summed E-state index contributed by atoms with van der Waals surface area (Å²) in [5.41, 5.74) is 2.95. The zero-order chi connectivity index (χ0) is 17.8. The molecule has 0 aliphatic rings. The maximum Gasteiger partial charge on any atom is 0.277 e. The molecule has 0 fully saturated rings. The van der Waals surface area contributed by atoms with Crippen LogP contribution in [0.25, 0.3) is 22.0 Å². The summed E-state index contributed by atoms with van der Waals surface area (Å²) in [4.78, 5) is 4.69. The lowest BCUT2D eigenvalue weighted by Crippen LogP contribution is -1.85. The lowest BCUT2D eigenvalue weighted by molar-refractivity contribution is 0.415. The zero-order valence-electron chi connectivity index (χ0n) is 14.0. The van der Waals surface area contributed by atoms with Gasteiger partial charge in [0, 0.05) is 22.3 Å². The van der Waals surface area contributed by atoms with E-state index in [0.717, 1.165) is 27.6 Å². The van der Waals surface area contributed by atoms with Gasteiger partial charge in [0.15, 0.2) is 0 Å². The standard InChI is InChI=1S/C19H15N3O2S2/c1-23-16-9-5-8-14(10-16)18-20-15(11-25-18)12-26-19-22-21-17(24-19)13-6-3-2-4-7-13/h2-11H,12H2,1H3. The van der Waals surface area contributed by atoms with Crippen molar-refractivity contribution in [3.05, 3.63) is 65.7 Å². The van der Waals surface area contributed by atoms with E-state index in [-0.39, 0.29) is 0 Å². The maximum absolute atomic E-state index is 5.71. The van der Waals surface area contributed by atoms with Crippen molar-refractivity contribution in [2.75, 3.05) is 7.11 Å². The molecule has 0 radical (unpaired) electrons. The van der Waals surface area contributed by atoms with Crippen LogP contribution in [0.4, 0.5) is 0 Å². The Balaban J connectivity index is 1.43. The van der Waals surface area contributed by atoms with Crippen LogP contribution in [0.2, 0.25) is 0 Å². The Morgan fingerprint density at radius 3 is 2.73 bits per heavy atom. The van der Waals surface area contributed by atoms with E-state index in [0.29, 0.717) is 16.9 Å². The van der Waals surface area contributed by atoms with Gasteiger partial charge in [0.2, 0.25) is 5.89 Å². The zero-order valence-corrected chi connectivity index (χ0v) is 15.6. The molecule has 0 spiro atoms. The molecule has 5 nitrogen and oxygen atoms in total. The molecule has 26 heavy (non-hydrogen) atoms. The third-order valence-electron chi connectivity index (χ3n) is 3.64. The molecule has 0 aliphatic carbocycles. The van der Waals surface area contributed by atoms with Crippen LogP contribution >= 0.6 is 23.1 Å². The lowest BCUT2D eigenvalue weighted by atomic mass is 10.2. The molecular weight excluding hydrogens is 366 g/mol. The molecule has 4 aromatic rings.